The van der Waals surface area contributed by atoms with E-state index in [1.807, 2.05) is 18.2 Å². The number of fused-ring (bicyclic) bond motifs is 11. The molecule has 0 aliphatic rings. The van der Waals surface area contributed by atoms with Crippen LogP contribution in [-0.2, 0) is 0 Å². The lowest BCUT2D eigenvalue weighted by atomic mass is 10.0. The van der Waals surface area contributed by atoms with E-state index in [0.29, 0.717) is 0 Å². The number of aromatic nitrogens is 4. The molecule has 0 N–H and O–H groups in total. The zero-order valence-electron chi connectivity index (χ0n) is 22.5. The van der Waals surface area contributed by atoms with Gasteiger partial charge in [-0.15, -0.1) is 0 Å². The lowest BCUT2D eigenvalue weighted by Gasteiger charge is -2.10. The number of rotatable bonds is 2. The van der Waals surface area contributed by atoms with Crippen LogP contribution in [0.3, 0.4) is 0 Å². The predicted molar refractivity (Wildman–Crippen MR) is 174 cm³/mol. The Labute approximate surface area is 240 Å². The number of hydrogen-bond donors (Lipinski definition) is 0. The number of hydrogen-bond acceptors (Lipinski definition) is 2. The van der Waals surface area contributed by atoms with E-state index in [0.717, 1.165) is 38.8 Å². The van der Waals surface area contributed by atoms with Crippen LogP contribution in [-0.4, -0.2) is 18.9 Å². The van der Waals surface area contributed by atoms with Gasteiger partial charge in [-0.2, -0.15) is 0 Å². The molecule has 4 nitrogen and oxygen atoms in total. The summed E-state index contributed by atoms with van der Waals surface area (Å²) in [6.07, 6.45) is 0. The second-order valence-electron chi connectivity index (χ2n) is 11.0. The Balaban J connectivity index is 1.40. The molecule has 10 rings (SSSR count). The molecule has 0 atom stereocenters. The lowest BCUT2D eigenvalue weighted by molar-refractivity contribution is 1.18. The van der Waals surface area contributed by atoms with Gasteiger partial charge >= 0.3 is 0 Å². The quantitative estimate of drug-likeness (QED) is 0.221. The van der Waals surface area contributed by atoms with Gasteiger partial charge in [0.15, 0.2) is 5.65 Å². The van der Waals surface area contributed by atoms with Crippen molar-refractivity contribution in [3.05, 3.63) is 133 Å². The summed E-state index contributed by atoms with van der Waals surface area (Å²) in [4.78, 5) is 10.4. The minimum absolute atomic E-state index is 0.908. The zero-order chi connectivity index (χ0) is 27.4. The fraction of sp³-hybridized carbons (Fsp3) is 0. The van der Waals surface area contributed by atoms with Crippen LogP contribution < -0.4 is 0 Å². The second kappa shape index (κ2) is 7.93. The topological polar surface area (TPSA) is 35.1 Å². The summed E-state index contributed by atoms with van der Waals surface area (Å²) in [6.45, 7) is 0. The summed E-state index contributed by atoms with van der Waals surface area (Å²) in [5.74, 6) is 0. The van der Waals surface area contributed by atoms with E-state index < -0.39 is 0 Å². The molecule has 0 aliphatic heterocycles. The van der Waals surface area contributed by atoms with Crippen LogP contribution in [0.1, 0.15) is 0 Å². The zero-order valence-corrected chi connectivity index (χ0v) is 22.5. The SMILES string of the molecule is c1ccc(-c2ccc(-n3c4ccccc4c4c5c6ccccc6n6c7nc8ccccc8nc7c(cc43)c56)cc2)cc1. The predicted octanol–water partition coefficient (Wildman–Crippen LogP) is 9.54. The van der Waals surface area contributed by atoms with Crippen LogP contribution in [0.4, 0.5) is 0 Å². The Bertz CT molecular complexity index is 2660. The Morgan fingerprint density at radius 1 is 0.452 bits per heavy atom. The molecular weight excluding hydrogens is 512 g/mol. The van der Waals surface area contributed by atoms with Crippen molar-refractivity contribution in [2.75, 3.05) is 0 Å². The standard InChI is InChI=1S/C38H22N4/c1-2-10-23(11-3-1)24-18-20-25(21-19-24)41-31-16-8-4-12-26(31)34-33(41)22-28-36-38(40-30-15-7-6-14-29(30)39-36)42-32-17-9-5-13-27(32)35(34)37(28)42/h1-22H. The molecule has 194 valence electrons. The Kier molecular flexibility index (Phi) is 4.15. The Morgan fingerprint density at radius 3 is 1.86 bits per heavy atom. The Morgan fingerprint density at radius 2 is 1.07 bits per heavy atom. The average Bonchev–Trinajstić information content (AvgIpc) is 3.68. The number of benzene rings is 6. The fourth-order valence-corrected chi connectivity index (χ4v) is 7.05. The second-order valence-corrected chi connectivity index (χ2v) is 11.0. The van der Waals surface area contributed by atoms with Gasteiger partial charge in [0.25, 0.3) is 0 Å². The third-order valence-electron chi connectivity index (χ3n) is 8.82. The fourth-order valence-electron chi connectivity index (χ4n) is 7.05. The molecule has 0 saturated carbocycles. The normalized spacial score (nSPS) is 12.3. The molecule has 4 heteroatoms. The first kappa shape index (κ1) is 22.0. The van der Waals surface area contributed by atoms with E-state index in [1.165, 1.54) is 49.2 Å². The van der Waals surface area contributed by atoms with E-state index in [9.17, 15) is 0 Å². The van der Waals surface area contributed by atoms with Crippen molar-refractivity contribution >= 4 is 71.2 Å². The van der Waals surface area contributed by atoms with E-state index >= 15 is 0 Å². The van der Waals surface area contributed by atoms with E-state index in [4.69, 9.17) is 9.97 Å². The van der Waals surface area contributed by atoms with Gasteiger partial charge in [-0.1, -0.05) is 91.0 Å². The molecule has 0 radical (unpaired) electrons. The van der Waals surface area contributed by atoms with Crippen LogP contribution in [0.15, 0.2) is 133 Å². The summed E-state index contributed by atoms with van der Waals surface area (Å²) in [7, 11) is 0. The molecule has 4 heterocycles. The van der Waals surface area contributed by atoms with E-state index in [-0.39, 0.29) is 0 Å². The third-order valence-corrected chi connectivity index (χ3v) is 8.82. The van der Waals surface area contributed by atoms with Crippen LogP contribution >= 0.6 is 0 Å². The number of para-hydroxylation sites is 4. The van der Waals surface area contributed by atoms with Crippen molar-refractivity contribution in [3.8, 4) is 16.8 Å². The van der Waals surface area contributed by atoms with Gasteiger partial charge < -0.3 is 4.57 Å². The van der Waals surface area contributed by atoms with Crippen LogP contribution in [0.2, 0.25) is 0 Å². The van der Waals surface area contributed by atoms with Crippen LogP contribution in [0.25, 0.3) is 88.0 Å². The molecule has 0 aliphatic carbocycles. The first-order valence-corrected chi connectivity index (χ1v) is 14.3. The maximum atomic E-state index is 5.19. The highest BCUT2D eigenvalue weighted by atomic mass is 15.0. The molecule has 0 unspecified atom stereocenters. The summed E-state index contributed by atoms with van der Waals surface area (Å²) in [6, 6.07) is 47.5. The van der Waals surface area contributed by atoms with Crippen molar-refractivity contribution in [1.29, 1.82) is 0 Å². The van der Waals surface area contributed by atoms with Gasteiger partial charge in [-0.05, 0) is 53.6 Å². The van der Waals surface area contributed by atoms with Crippen molar-refractivity contribution < 1.29 is 0 Å². The first-order chi connectivity index (χ1) is 20.8. The van der Waals surface area contributed by atoms with Crippen LogP contribution in [0.5, 0.6) is 0 Å². The lowest BCUT2D eigenvalue weighted by Crippen LogP contribution is -1.94. The maximum Gasteiger partial charge on any atom is 0.165 e. The summed E-state index contributed by atoms with van der Waals surface area (Å²) >= 11 is 0. The molecular formula is C38H22N4. The molecule has 0 spiro atoms. The average molecular weight is 535 g/mol. The van der Waals surface area contributed by atoms with Gasteiger partial charge in [0.2, 0.25) is 0 Å². The van der Waals surface area contributed by atoms with Gasteiger partial charge in [0, 0.05) is 32.6 Å². The van der Waals surface area contributed by atoms with Gasteiger partial charge in [0.05, 0.1) is 33.1 Å². The summed E-state index contributed by atoms with van der Waals surface area (Å²) in [5, 5.41) is 6.15. The van der Waals surface area contributed by atoms with E-state index in [2.05, 4.69) is 124 Å². The smallest absolute Gasteiger partial charge is 0.165 e. The first-order valence-electron chi connectivity index (χ1n) is 14.3. The highest BCUT2D eigenvalue weighted by molar-refractivity contribution is 6.35. The molecule has 0 fully saturated rings. The number of nitrogens with zero attached hydrogens (tertiary/aromatic N) is 4. The van der Waals surface area contributed by atoms with Crippen molar-refractivity contribution in [2.45, 2.75) is 0 Å². The van der Waals surface area contributed by atoms with Gasteiger partial charge in [-0.3, -0.25) is 4.40 Å². The minimum Gasteiger partial charge on any atom is -0.309 e. The molecule has 4 aromatic heterocycles. The third kappa shape index (κ3) is 2.76. The van der Waals surface area contributed by atoms with Crippen LogP contribution in [0, 0.1) is 0 Å². The summed E-state index contributed by atoms with van der Waals surface area (Å²) < 4.78 is 4.74. The monoisotopic (exact) mass is 534 g/mol. The highest BCUT2D eigenvalue weighted by Crippen LogP contribution is 2.46. The highest BCUT2D eigenvalue weighted by Gasteiger charge is 2.25. The molecule has 6 aromatic carbocycles. The van der Waals surface area contributed by atoms with Gasteiger partial charge in [-0.25, -0.2) is 9.97 Å². The maximum absolute atomic E-state index is 5.19. The largest absolute Gasteiger partial charge is 0.309 e. The van der Waals surface area contributed by atoms with Gasteiger partial charge in [0.1, 0.15) is 5.52 Å². The minimum atomic E-state index is 0.908. The molecule has 42 heavy (non-hydrogen) atoms. The molecule has 10 aromatic rings. The molecule has 0 amide bonds. The van der Waals surface area contributed by atoms with Crippen molar-refractivity contribution in [1.82, 2.24) is 18.9 Å². The van der Waals surface area contributed by atoms with E-state index in [1.54, 1.807) is 0 Å². The Hall–Kier alpha value is -5.74. The summed E-state index contributed by atoms with van der Waals surface area (Å²) in [5.41, 5.74) is 12.0. The van der Waals surface area contributed by atoms with Crippen molar-refractivity contribution in [2.24, 2.45) is 0 Å². The molecule has 0 bridgehead atoms. The van der Waals surface area contributed by atoms with Crippen molar-refractivity contribution in [3.63, 3.8) is 0 Å². The molecule has 0 saturated heterocycles.